The van der Waals surface area contributed by atoms with Gasteiger partial charge < -0.3 is 5.32 Å². The van der Waals surface area contributed by atoms with Crippen LogP contribution in [0.5, 0.6) is 0 Å². The van der Waals surface area contributed by atoms with Gasteiger partial charge in [-0.15, -0.1) is 0 Å². The van der Waals surface area contributed by atoms with Crippen LogP contribution in [0.25, 0.3) is 0 Å². The second-order valence-corrected chi connectivity index (χ2v) is 11.6. The zero-order valence-electron chi connectivity index (χ0n) is 17.6. The van der Waals surface area contributed by atoms with Crippen molar-refractivity contribution in [2.24, 2.45) is 0 Å². The number of benzene rings is 2. The molecule has 2 aromatic carbocycles. The molecule has 1 N–H and O–H groups in total. The summed E-state index contributed by atoms with van der Waals surface area (Å²) >= 11 is 0. The van der Waals surface area contributed by atoms with E-state index in [1.54, 1.807) is 12.1 Å². The molecular formula is C21H27N3O5S2. The predicted molar refractivity (Wildman–Crippen MR) is 119 cm³/mol. The Morgan fingerprint density at radius 1 is 0.871 bits per heavy atom. The molecule has 168 valence electrons. The number of sulfonamides is 2. The number of para-hydroxylation sites is 1. The smallest absolute Gasteiger partial charge is 0.255 e. The number of hydrogen-bond acceptors (Lipinski definition) is 5. The third-order valence-corrected chi connectivity index (χ3v) is 9.00. The summed E-state index contributed by atoms with van der Waals surface area (Å²) in [6.07, 6.45) is 3.73. The van der Waals surface area contributed by atoms with Gasteiger partial charge in [0.15, 0.2) is 0 Å². The molecule has 2 aromatic rings. The van der Waals surface area contributed by atoms with Gasteiger partial charge in [-0.2, -0.15) is 4.31 Å². The molecule has 10 heteroatoms. The van der Waals surface area contributed by atoms with E-state index in [0.717, 1.165) is 30.0 Å². The van der Waals surface area contributed by atoms with Crippen LogP contribution >= 0.6 is 0 Å². The van der Waals surface area contributed by atoms with Gasteiger partial charge >= 0.3 is 0 Å². The molecule has 1 aliphatic heterocycles. The second-order valence-electron chi connectivity index (χ2n) is 7.58. The Labute approximate surface area is 184 Å². The summed E-state index contributed by atoms with van der Waals surface area (Å²) in [4.78, 5) is 12.8. The predicted octanol–water partition coefficient (Wildman–Crippen LogP) is 2.75. The lowest BCUT2D eigenvalue weighted by Gasteiger charge is -2.20. The lowest BCUT2D eigenvalue weighted by Crippen LogP contribution is -2.32. The molecule has 0 aliphatic carbocycles. The molecule has 0 radical (unpaired) electrons. The fourth-order valence-electron chi connectivity index (χ4n) is 3.40. The topological polar surface area (TPSA) is 104 Å². The van der Waals surface area contributed by atoms with Crippen LogP contribution in [0, 0.1) is 0 Å². The first-order valence-corrected chi connectivity index (χ1v) is 12.9. The van der Waals surface area contributed by atoms with Gasteiger partial charge in [-0.05, 0) is 49.2 Å². The van der Waals surface area contributed by atoms with Gasteiger partial charge in [0.05, 0.1) is 10.6 Å². The second kappa shape index (κ2) is 9.47. The Balaban J connectivity index is 1.81. The first-order valence-electron chi connectivity index (χ1n) is 10.1. The molecule has 3 rings (SSSR count). The third-order valence-electron chi connectivity index (χ3n) is 5.21. The van der Waals surface area contributed by atoms with Crippen molar-refractivity contribution < 1.29 is 21.6 Å². The molecule has 0 bridgehead atoms. The van der Waals surface area contributed by atoms with Crippen molar-refractivity contribution in [1.29, 1.82) is 0 Å². The molecule has 1 saturated heterocycles. The van der Waals surface area contributed by atoms with E-state index in [1.807, 2.05) is 0 Å². The molecule has 0 aromatic heterocycles. The maximum atomic E-state index is 12.9. The number of nitrogens with one attached hydrogen (secondary N) is 1. The van der Waals surface area contributed by atoms with E-state index in [1.165, 1.54) is 54.8 Å². The molecule has 0 unspecified atom stereocenters. The normalized spacial score (nSPS) is 16.1. The van der Waals surface area contributed by atoms with Crippen LogP contribution in [0.2, 0.25) is 0 Å². The molecule has 1 amide bonds. The number of rotatable bonds is 6. The van der Waals surface area contributed by atoms with Crippen molar-refractivity contribution in [3.63, 3.8) is 0 Å². The van der Waals surface area contributed by atoms with Crippen molar-refractivity contribution in [3.8, 4) is 0 Å². The standard InChI is InChI=1S/C21H27N3O5S2/c1-23(2)31(28,29)20-10-6-5-9-19(20)22-21(25)17-11-13-18(14-12-17)30(26,27)24-15-7-3-4-8-16-24/h5-6,9-14H,3-4,7-8,15-16H2,1-2H3,(H,22,25). The number of amides is 1. The van der Waals surface area contributed by atoms with Crippen LogP contribution in [0.15, 0.2) is 58.3 Å². The van der Waals surface area contributed by atoms with E-state index in [4.69, 9.17) is 0 Å². The molecule has 31 heavy (non-hydrogen) atoms. The summed E-state index contributed by atoms with van der Waals surface area (Å²) in [6.45, 7) is 1.00. The molecule has 0 spiro atoms. The molecule has 8 nitrogen and oxygen atoms in total. The summed E-state index contributed by atoms with van der Waals surface area (Å²) in [5.74, 6) is -0.528. The highest BCUT2D eigenvalue weighted by Crippen LogP contribution is 2.25. The van der Waals surface area contributed by atoms with Gasteiger partial charge in [-0.25, -0.2) is 21.1 Å². The largest absolute Gasteiger partial charge is 0.321 e. The highest BCUT2D eigenvalue weighted by Gasteiger charge is 2.26. The molecular weight excluding hydrogens is 438 g/mol. The fourth-order valence-corrected chi connectivity index (χ4v) is 5.95. The Bertz CT molecular complexity index is 1140. The van der Waals surface area contributed by atoms with E-state index >= 15 is 0 Å². The van der Waals surface area contributed by atoms with Gasteiger partial charge in [-0.1, -0.05) is 25.0 Å². The number of carbonyl (C=O) groups excluding carboxylic acids is 1. The quantitative estimate of drug-likeness (QED) is 0.706. The van der Waals surface area contributed by atoms with E-state index in [9.17, 15) is 21.6 Å². The highest BCUT2D eigenvalue weighted by molar-refractivity contribution is 7.89. The van der Waals surface area contributed by atoms with Crippen LogP contribution in [-0.4, -0.2) is 58.5 Å². The van der Waals surface area contributed by atoms with E-state index in [0.29, 0.717) is 13.1 Å². The van der Waals surface area contributed by atoms with Crippen molar-refractivity contribution in [1.82, 2.24) is 8.61 Å². The summed E-state index contributed by atoms with van der Waals surface area (Å²) in [7, 11) is -4.52. The number of carbonyl (C=O) groups is 1. The summed E-state index contributed by atoms with van der Waals surface area (Å²) in [5, 5.41) is 2.61. The number of nitrogens with zero attached hydrogens (tertiary/aromatic N) is 2. The van der Waals surface area contributed by atoms with Gasteiger partial charge in [-0.3, -0.25) is 4.79 Å². The van der Waals surface area contributed by atoms with Crippen LogP contribution in [0.1, 0.15) is 36.0 Å². The Hall–Kier alpha value is -2.27. The Kier molecular flexibility index (Phi) is 7.15. The zero-order chi connectivity index (χ0) is 22.6. The molecule has 1 heterocycles. The average molecular weight is 466 g/mol. The van der Waals surface area contributed by atoms with E-state index in [-0.39, 0.29) is 21.0 Å². The van der Waals surface area contributed by atoms with E-state index in [2.05, 4.69) is 5.32 Å². The summed E-state index contributed by atoms with van der Waals surface area (Å²) in [6, 6.07) is 11.8. The monoisotopic (exact) mass is 465 g/mol. The maximum Gasteiger partial charge on any atom is 0.255 e. The third kappa shape index (κ3) is 5.15. The first-order chi connectivity index (χ1) is 14.6. The fraction of sp³-hybridized carbons (Fsp3) is 0.381. The lowest BCUT2D eigenvalue weighted by molar-refractivity contribution is 0.102. The van der Waals surface area contributed by atoms with E-state index < -0.39 is 26.0 Å². The van der Waals surface area contributed by atoms with Crippen molar-refractivity contribution in [3.05, 3.63) is 54.1 Å². The van der Waals surface area contributed by atoms with Gasteiger partial charge in [0.25, 0.3) is 5.91 Å². The average Bonchev–Trinajstić information content (AvgIpc) is 3.04. The van der Waals surface area contributed by atoms with Gasteiger partial charge in [0, 0.05) is 32.7 Å². The molecule has 1 aliphatic rings. The van der Waals surface area contributed by atoms with Crippen molar-refractivity contribution in [2.75, 3.05) is 32.5 Å². The minimum absolute atomic E-state index is 0.0197. The van der Waals surface area contributed by atoms with Crippen LogP contribution in [-0.2, 0) is 20.0 Å². The Morgan fingerprint density at radius 2 is 1.45 bits per heavy atom. The van der Waals surface area contributed by atoms with Crippen LogP contribution in [0.3, 0.4) is 0 Å². The minimum Gasteiger partial charge on any atom is -0.321 e. The highest BCUT2D eigenvalue weighted by atomic mass is 32.2. The van der Waals surface area contributed by atoms with Crippen LogP contribution in [0.4, 0.5) is 5.69 Å². The lowest BCUT2D eigenvalue weighted by atomic mass is 10.2. The summed E-state index contributed by atoms with van der Waals surface area (Å²) in [5.41, 5.74) is 0.384. The molecule has 0 saturated carbocycles. The minimum atomic E-state index is -3.74. The SMILES string of the molecule is CN(C)S(=O)(=O)c1ccccc1NC(=O)c1ccc(S(=O)(=O)N2CCCCCC2)cc1. The number of anilines is 1. The molecule has 0 atom stereocenters. The van der Waals surface area contributed by atoms with Crippen molar-refractivity contribution >= 4 is 31.6 Å². The Morgan fingerprint density at radius 3 is 2.03 bits per heavy atom. The van der Waals surface area contributed by atoms with Crippen molar-refractivity contribution in [2.45, 2.75) is 35.5 Å². The number of hydrogen-bond donors (Lipinski definition) is 1. The maximum absolute atomic E-state index is 12.9. The van der Waals surface area contributed by atoms with Crippen LogP contribution < -0.4 is 5.32 Å². The van der Waals surface area contributed by atoms with Gasteiger partial charge in [0.1, 0.15) is 4.90 Å². The first kappa shape index (κ1) is 23.4. The zero-order valence-corrected chi connectivity index (χ0v) is 19.2. The summed E-state index contributed by atoms with van der Waals surface area (Å²) < 4.78 is 53.3. The van der Waals surface area contributed by atoms with Gasteiger partial charge in [0.2, 0.25) is 20.0 Å². The molecule has 1 fully saturated rings.